The number of nitrogens with one attached hydrogen (secondary N) is 1. The number of phenolic OH excluding ortho intramolecular Hbond substituents is 1. The molecule has 0 aliphatic carbocycles. The lowest BCUT2D eigenvalue weighted by atomic mass is 10.2. The fourth-order valence-corrected chi connectivity index (χ4v) is 1.58. The Hall–Kier alpha value is -1.17. The van der Waals surface area contributed by atoms with Gasteiger partial charge in [-0.2, -0.15) is 0 Å². The van der Waals surface area contributed by atoms with Crippen LogP contribution in [0.15, 0.2) is 18.2 Å². The van der Waals surface area contributed by atoms with Gasteiger partial charge in [0, 0.05) is 19.6 Å². The summed E-state index contributed by atoms with van der Waals surface area (Å²) in [5.74, 6) is -0.892. The molecule has 0 aromatic heterocycles. The summed E-state index contributed by atoms with van der Waals surface area (Å²) in [5, 5.41) is 11.1. The van der Waals surface area contributed by atoms with Gasteiger partial charge in [0.15, 0.2) is 11.6 Å². The molecule has 2 rings (SSSR count). The molecule has 16 heavy (non-hydrogen) atoms. The molecular formula is C11H15FN2O2. The van der Waals surface area contributed by atoms with Crippen molar-refractivity contribution in [1.82, 2.24) is 10.4 Å². The Balaban J connectivity index is 1.86. The zero-order valence-corrected chi connectivity index (χ0v) is 8.95. The summed E-state index contributed by atoms with van der Waals surface area (Å²) in [6.45, 7) is 3.66. The number of rotatable bonds is 3. The van der Waals surface area contributed by atoms with E-state index in [4.69, 9.17) is 9.84 Å². The molecule has 0 spiro atoms. The van der Waals surface area contributed by atoms with E-state index in [2.05, 4.69) is 5.43 Å². The fourth-order valence-electron chi connectivity index (χ4n) is 1.58. The van der Waals surface area contributed by atoms with Gasteiger partial charge in [-0.25, -0.2) is 9.40 Å². The van der Waals surface area contributed by atoms with Crippen molar-refractivity contribution in [2.75, 3.05) is 26.3 Å². The van der Waals surface area contributed by atoms with Crippen molar-refractivity contribution in [3.8, 4) is 5.75 Å². The Labute approximate surface area is 93.6 Å². The van der Waals surface area contributed by atoms with Gasteiger partial charge in [-0.1, -0.05) is 6.07 Å². The van der Waals surface area contributed by atoms with Gasteiger partial charge in [0.25, 0.3) is 0 Å². The standard InChI is InChI=1S/C11H15FN2O2/c12-10-7-9(1-2-11(10)15)8-13-14-3-5-16-6-4-14/h1-2,7,13,15H,3-6,8H2. The molecule has 2 N–H and O–H groups in total. The topological polar surface area (TPSA) is 44.7 Å². The average molecular weight is 226 g/mol. The first-order valence-corrected chi connectivity index (χ1v) is 5.29. The van der Waals surface area contributed by atoms with Crippen LogP contribution in [0, 0.1) is 5.82 Å². The minimum atomic E-state index is -0.582. The van der Waals surface area contributed by atoms with Crippen molar-refractivity contribution >= 4 is 0 Å². The fraction of sp³-hybridized carbons (Fsp3) is 0.455. The van der Waals surface area contributed by atoms with Gasteiger partial charge in [0.05, 0.1) is 13.2 Å². The molecule has 1 aliphatic rings. The van der Waals surface area contributed by atoms with E-state index in [9.17, 15) is 4.39 Å². The Morgan fingerprint density at radius 3 is 2.81 bits per heavy atom. The Kier molecular flexibility index (Phi) is 3.71. The van der Waals surface area contributed by atoms with Gasteiger partial charge in [0.1, 0.15) is 0 Å². The number of morpholine rings is 1. The molecule has 88 valence electrons. The molecule has 0 bridgehead atoms. The molecule has 0 saturated carbocycles. The molecule has 1 aromatic carbocycles. The van der Waals surface area contributed by atoms with E-state index in [0.29, 0.717) is 6.54 Å². The van der Waals surface area contributed by atoms with E-state index < -0.39 is 5.82 Å². The molecule has 0 amide bonds. The highest BCUT2D eigenvalue weighted by Gasteiger charge is 2.09. The second kappa shape index (κ2) is 5.25. The van der Waals surface area contributed by atoms with Crippen LogP contribution in [0.3, 0.4) is 0 Å². The first-order valence-electron chi connectivity index (χ1n) is 5.29. The maximum atomic E-state index is 13.0. The van der Waals surface area contributed by atoms with E-state index in [-0.39, 0.29) is 5.75 Å². The first-order chi connectivity index (χ1) is 7.75. The van der Waals surface area contributed by atoms with Crippen molar-refractivity contribution in [2.24, 2.45) is 0 Å². The van der Waals surface area contributed by atoms with Crippen molar-refractivity contribution in [3.63, 3.8) is 0 Å². The van der Waals surface area contributed by atoms with E-state index in [1.54, 1.807) is 6.07 Å². The van der Waals surface area contributed by atoms with Gasteiger partial charge < -0.3 is 9.84 Å². The predicted molar refractivity (Wildman–Crippen MR) is 57.3 cm³/mol. The van der Waals surface area contributed by atoms with E-state index >= 15 is 0 Å². The zero-order chi connectivity index (χ0) is 11.4. The summed E-state index contributed by atoms with van der Waals surface area (Å²) in [5.41, 5.74) is 4.00. The van der Waals surface area contributed by atoms with Gasteiger partial charge >= 0.3 is 0 Å². The first kappa shape index (κ1) is 11.3. The number of phenols is 1. The van der Waals surface area contributed by atoms with E-state index in [1.807, 2.05) is 5.01 Å². The third kappa shape index (κ3) is 2.91. The van der Waals surface area contributed by atoms with Gasteiger partial charge in [0.2, 0.25) is 0 Å². The van der Waals surface area contributed by atoms with Gasteiger partial charge in [-0.3, -0.25) is 5.43 Å². The van der Waals surface area contributed by atoms with Crippen molar-refractivity contribution in [2.45, 2.75) is 6.54 Å². The number of aromatic hydroxyl groups is 1. The largest absolute Gasteiger partial charge is 0.505 e. The van der Waals surface area contributed by atoms with Gasteiger partial charge in [-0.05, 0) is 17.7 Å². The van der Waals surface area contributed by atoms with E-state index in [1.165, 1.54) is 12.1 Å². The Bertz CT molecular complexity index is 354. The van der Waals surface area contributed by atoms with Crippen LogP contribution in [0.2, 0.25) is 0 Å². The molecule has 4 nitrogen and oxygen atoms in total. The molecule has 0 atom stereocenters. The van der Waals surface area contributed by atoms with E-state index in [0.717, 1.165) is 31.9 Å². The molecule has 5 heteroatoms. The minimum Gasteiger partial charge on any atom is -0.505 e. The lowest BCUT2D eigenvalue weighted by molar-refractivity contribution is 0.0105. The second-order valence-corrected chi connectivity index (χ2v) is 3.72. The molecule has 1 fully saturated rings. The predicted octanol–water partition coefficient (Wildman–Crippen LogP) is 0.868. The third-order valence-corrected chi connectivity index (χ3v) is 2.53. The number of benzene rings is 1. The highest BCUT2D eigenvalue weighted by Crippen LogP contribution is 2.15. The second-order valence-electron chi connectivity index (χ2n) is 3.72. The Morgan fingerprint density at radius 1 is 1.38 bits per heavy atom. The number of halogens is 1. The zero-order valence-electron chi connectivity index (χ0n) is 8.95. The summed E-state index contributed by atoms with van der Waals surface area (Å²) < 4.78 is 18.2. The lowest BCUT2D eigenvalue weighted by Crippen LogP contribution is -2.45. The normalized spacial score (nSPS) is 17.6. The quantitative estimate of drug-likeness (QED) is 0.802. The number of hydrogen-bond donors (Lipinski definition) is 2. The summed E-state index contributed by atoms with van der Waals surface area (Å²) in [6, 6.07) is 4.40. The molecule has 1 aliphatic heterocycles. The third-order valence-electron chi connectivity index (χ3n) is 2.53. The SMILES string of the molecule is Oc1ccc(CNN2CCOCC2)cc1F. The summed E-state index contributed by atoms with van der Waals surface area (Å²) in [4.78, 5) is 0. The average Bonchev–Trinajstić information content (AvgIpc) is 2.32. The van der Waals surface area contributed by atoms with Crippen molar-refractivity contribution < 1.29 is 14.2 Å². The Morgan fingerprint density at radius 2 is 2.12 bits per heavy atom. The molecule has 0 unspecified atom stereocenters. The molecule has 1 saturated heterocycles. The summed E-state index contributed by atoms with van der Waals surface area (Å²) >= 11 is 0. The minimum absolute atomic E-state index is 0.310. The lowest BCUT2D eigenvalue weighted by Gasteiger charge is -2.27. The number of hydrogen-bond acceptors (Lipinski definition) is 4. The molecule has 0 radical (unpaired) electrons. The van der Waals surface area contributed by atoms with Crippen LogP contribution in [0.25, 0.3) is 0 Å². The van der Waals surface area contributed by atoms with Crippen LogP contribution in [-0.4, -0.2) is 36.4 Å². The summed E-state index contributed by atoms with van der Waals surface area (Å²) in [6.07, 6.45) is 0. The number of ether oxygens (including phenoxy) is 1. The maximum Gasteiger partial charge on any atom is 0.165 e. The maximum absolute atomic E-state index is 13.0. The smallest absolute Gasteiger partial charge is 0.165 e. The van der Waals surface area contributed by atoms with Crippen LogP contribution >= 0.6 is 0 Å². The molecule has 1 aromatic rings. The number of hydrazine groups is 1. The van der Waals surface area contributed by atoms with Crippen LogP contribution in [0.1, 0.15) is 5.56 Å². The van der Waals surface area contributed by atoms with Crippen LogP contribution < -0.4 is 5.43 Å². The van der Waals surface area contributed by atoms with Crippen LogP contribution in [-0.2, 0) is 11.3 Å². The molecular weight excluding hydrogens is 211 g/mol. The van der Waals surface area contributed by atoms with Crippen LogP contribution in [0.5, 0.6) is 5.75 Å². The van der Waals surface area contributed by atoms with Crippen LogP contribution in [0.4, 0.5) is 4.39 Å². The highest BCUT2D eigenvalue weighted by molar-refractivity contribution is 5.27. The highest BCUT2D eigenvalue weighted by atomic mass is 19.1. The summed E-state index contributed by atoms with van der Waals surface area (Å²) in [7, 11) is 0. The van der Waals surface area contributed by atoms with Gasteiger partial charge in [-0.15, -0.1) is 0 Å². The molecule has 1 heterocycles. The number of nitrogens with zero attached hydrogens (tertiary/aromatic N) is 1. The van der Waals surface area contributed by atoms with Crippen molar-refractivity contribution in [3.05, 3.63) is 29.6 Å². The monoisotopic (exact) mass is 226 g/mol. The van der Waals surface area contributed by atoms with Crippen molar-refractivity contribution in [1.29, 1.82) is 0 Å².